The van der Waals surface area contributed by atoms with Crippen molar-refractivity contribution in [3.8, 4) is 0 Å². The van der Waals surface area contributed by atoms with E-state index in [-0.39, 0.29) is 6.61 Å². The van der Waals surface area contributed by atoms with E-state index in [9.17, 15) is 18.0 Å². The number of hydrogen-bond donors (Lipinski definition) is 3. The van der Waals surface area contributed by atoms with Crippen molar-refractivity contribution >= 4 is 22.1 Å². The van der Waals surface area contributed by atoms with Gasteiger partial charge in [-0.3, -0.25) is 14.2 Å². The highest BCUT2D eigenvalue weighted by Gasteiger charge is 2.30. The molecule has 2 atom stereocenters. The van der Waals surface area contributed by atoms with Gasteiger partial charge in [0.2, 0.25) is 0 Å². The number of amides is 2. The quantitative estimate of drug-likeness (QED) is 0.454. The maximum atomic E-state index is 11.9. The Bertz CT molecular complexity index is 648. The number of alkyl carbamates (subject to hydrolysis) is 1. The summed E-state index contributed by atoms with van der Waals surface area (Å²) >= 11 is 0. The molecule has 2 unspecified atom stereocenters. The lowest BCUT2D eigenvalue weighted by atomic mass is 10.0. The molecular formula is C14H20N2O7S. The first kappa shape index (κ1) is 19.9. The van der Waals surface area contributed by atoms with Gasteiger partial charge in [0, 0.05) is 5.92 Å². The average Bonchev–Trinajstić information content (AvgIpc) is 2.50. The lowest BCUT2D eigenvalue weighted by Crippen LogP contribution is -2.51. The zero-order chi connectivity index (χ0) is 18.2. The van der Waals surface area contributed by atoms with Crippen LogP contribution in [0.3, 0.4) is 0 Å². The van der Waals surface area contributed by atoms with Crippen LogP contribution < -0.4 is 10.8 Å². The van der Waals surface area contributed by atoms with Gasteiger partial charge in [0.1, 0.15) is 12.6 Å². The van der Waals surface area contributed by atoms with Gasteiger partial charge in [-0.2, -0.15) is 8.42 Å². The van der Waals surface area contributed by atoms with Crippen molar-refractivity contribution in [1.82, 2.24) is 10.8 Å². The van der Waals surface area contributed by atoms with Crippen LogP contribution in [0.15, 0.2) is 30.3 Å². The second-order valence-electron chi connectivity index (χ2n) is 5.08. The van der Waals surface area contributed by atoms with E-state index in [1.54, 1.807) is 24.3 Å². The molecule has 10 heteroatoms. The van der Waals surface area contributed by atoms with Crippen LogP contribution in [0.4, 0.5) is 4.79 Å². The molecule has 0 saturated heterocycles. The minimum absolute atomic E-state index is 0.0159. The highest BCUT2D eigenvalue weighted by atomic mass is 32.2. The molecule has 0 aliphatic heterocycles. The third-order valence-corrected chi connectivity index (χ3v) is 3.96. The first-order valence-corrected chi connectivity index (χ1v) is 8.59. The van der Waals surface area contributed by atoms with Crippen LogP contribution in [-0.4, -0.2) is 43.9 Å². The van der Waals surface area contributed by atoms with E-state index in [0.29, 0.717) is 0 Å². The number of hydrogen-bond acceptors (Lipinski definition) is 6. The van der Waals surface area contributed by atoms with E-state index >= 15 is 0 Å². The normalized spacial score (nSPS) is 13.6. The van der Waals surface area contributed by atoms with E-state index in [1.165, 1.54) is 14.0 Å². The third-order valence-electron chi connectivity index (χ3n) is 3.01. The van der Waals surface area contributed by atoms with Crippen molar-refractivity contribution in [2.24, 2.45) is 5.92 Å². The van der Waals surface area contributed by atoms with Gasteiger partial charge in [0.25, 0.3) is 16.0 Å². The second kappa shape index (κ2) is 9.21. The van der Waals surface area contributed by atoms with Crippen LogP contribution in [0.5, 0.6) is 0 Å². The zero-order valence-corrected chi connectivity index (χ0v) is 14.1. The molecule has 1 aromatic rings. The fourth-order valence-electron chi connectivity index (χ4n) is 1.95. The summed E-state index contributed by atoms with van der Waals surface area (Å²) in [6.45, 7) is 1.36. The first-order valence-electron chi connectivity index (χ1n) is 6.98. The Labute approximate surface area is 140 Å². The van der Waals surface area contributed by atoms with E-state index in [4.69, 9.17) is 9.29 Å². The van der Waals surface area contributed by atoms with Crippen LogP contribution >= 0.6 is 0 Å². The molecule has 24 heavy (non-hydrogen) atoms. The molecule has 0 heterocycles. The Morgan fingerprint density at radius 2 is 1.88 bits per heavy atom. The SMILES string of the molecule is CONC(=O)C(NC(=O)OCc1ccccc1)C(C)CS(=O)(=O)O. The van der Waals surface area contributed by atoms with E-state index in [1.807, 2.05) is 11.5 Å². The number of rotatable bonds is 8. The second-order valence-corrected chi connectivity index (χ2v) is 6.58. The van der Waals surface area contributed by atoms with Crippen molar-refractivity contribution < 1.29 is 32.1 Å². The number of carbonyl (C=O) groups is 2. The van der Waals surface area contributed by atoms with Crippen LogP contribution in [0.2, 0.25) is 0 Å². The maximum Gasteiger partial charge on any atom is 0.408 e. The van der Waals surface area contributed by atoms with Crippen molar-refractivity contribution in [3.05, 3.63) is 35.9 Å². The number of benzene rings is 1. The van der Waals surface area contributed by atoms with Gasteiger partial charge >= 0.3 is 6.09 Å². The molecule has 0 spiro atoms. The summed E-state index contributed by atoms with van der Waals surface area (Å²) in [7, 11) is -3.13. The summed E-state index contributed by atoms with van der Waals surface area (Å²) in [5.74, 6) is -2.40. The van der Waals surface area contributed by atoms with Gasteiger partial charge in [0.05, 0.1) is 12.9 Å². The Kier molecular flexibility index (Phi) is 7.62. The minimum Gasteiger partial charge on any atom is -0.445 e. The van der Waals surface area contributed by atoms with Gasteiger partial charge in [-0.15, -0.1) is 0 Å². The third kappa shape index (κ3) is 7.40. The minimum atomic E-state index is -4.32. The van der Waals surface area contributed by atoms with Crippen molar-refractivity contribution in [1.29, 1.82) is 0 Å². The van der Waals surface area contributed by atoms with Gasteiger partial charge < -0.3 is 10.1 Å². The molecule has 0 fully saturated rings. The standard InChI is InChI=1S/C14H20N2O7S/c1-10(9-24(19,20)21)12(13(17)16-22-2)15-14(18)23-8-11-6-4-3-5-7-11/h3-7,10,12H,8-9H2,1-2H3,(H,15,18)(H,16,17)(H,19,20,21). The molecule has 134 valence electrons. The summed E-state index contributed by atoms with van der Waals surface area (Å²) in [6, 6.07) is 7.60. The first-order chi connectivity index (χ1) is 11.2. The molecule has 9 nitrogen and oxygen atoms in total. The predicted molar refractivity (Wildman–Crippen MR) is 84.3 cm³/mol. The summed E-state index contributed by atoms with van der Waals surface area (Å²) in [5, 5.41) is 2.27. The number of nitrogens with one attached hydrogen (secondary N) is 2. The Balaban J connectivity index is 2.69. The highest BCUT2D eigenvalue weighted by molar-refractivity contribution is 7.85. The largest absolute Gasteiger partial charge is 0.445 e. The maximum absolute atomic E-state index is 11.9. The lowest BCUT2D eigenvalue weighted by Gasteiger charge is -2.22. The molecular weight excluding hydrogens is 340 g/mol. The molecule has 1 rings (SSSR count). The Morgan fingerprint density at radius 1 is 1.25 bits per heavy atom. The Morgan fingerprint density at radius 3 is 2.42 bits per heavy atom. The molecule has 0 bridgehead atoms. The fourth-order valence-corrected chi connectivity index (χ4v) is 2.81. The van der Waals surface area contributed by atoms with Crippen molar-refractivity contribution in [2.75, 3.05) is 12.9 Å². The summed E-state index contributed by atoms with van der Waals surface area (Å²) in [5.41, 5.74) is 2.75. The van der Waals surface area contributed by atoms with Crippen LogP contribution in [0.25, 0.3) is 0 Å². The monoisotopic (exact) mass is 360 g/mol. The van der Waals surface area contributed by atoms with Gasteiger partial charge in [-0.1, -0.05) is 37.3 Å². The van der Waals surface area contributed by atoms with Crippen LogP contribution in [0.1, 0.15) is 12.5 Å². The molecule has 3 N–H and O–H groups in total. The summed E-state index contributed by atoms with van der Waals surface area (Å²) in [4.78, 5) is 28.2. The molecule has 2 amide bonds. The molecule has 0 saturated carbocycles. The van der Waals surface area contributed by atoms with Gasteiger partial charge in [-0.05, 0) is 5.56 Å². The highest BCUT2D eigenvalue weighted by Crippen LogP contribution is 2.08. The average molecular weight is 360 g/mol. The predicted octanol–water partition coefficient (Wildman–Crippen LogP) is 0.483. The molecule has 0 aliphatic rings. The fraction of sp³-hybridized carbons (Fsp3) is 0.429. The molecule has 1 aromatic carbocycles. The topological polar surface area (TPSA) is 131 Å². The number of hydroxylamine groups is 1. The molecule has 0 aliphatic carbocycles. The lowest BCUT2D eigenvalue weighted by molar-refractivity contribution is -0.134. The zero-order valence-electron chi connectivity index (χ0n) is 13.3. The van der Waals surface area contributed by atoms with E-state index in [0.717, 1.165) is 5.56 Å². The van der Waals surface area contributed by atoms with Gasteiger partial charge in [0.15, 0.2) is 0 Å². The molecule has 0 aromatic heterocycles. The summed E-state index contributed by atoms with van der Waals surface area (Å²) in [6.07, 6.45) is -0.905. The van der Waals surface area contributed by atoms with Crippen molar-refractivity contribution in [2.45, 2.75) is 19.6 Å². The Hall–Kier alpha value is -2.17. The summed E-state index contributed by atoms with van der Waals surface area (Å²) < 4.78 is 35.8. The van der Waals surface area contributed by atoms with Crippen molar-refractivity contribution in [3.63, 3.8) is 0 Å². The van der Waals surface area contributed by atoms with Gasteiger partial charge in [-0.25, -0.2) is 10.3 Å². The number of ether oxygens (including phenoxy) is 1. The number of carbonyl (C=O) groups excluding carboxylic acids is 2. The molecule has 0 radical (unpaired) electrons. The van der Waals surface area contributed by atoms with Crippen LogP contribution in [-0.2, 0) is 31.1 Å². The van der Waals surface area contributed by atoms with E-state index < -0.39 is 39.8 Å². The van der Waals surface area contributed by atoms with E-state index in [2.05, 4.69) is 10.2 Å². The smallest absolute Gasteiger partial charge is 0.408 e. The van der Waals surface area contributed by atoms with Crippen LogP contribution in [0, 0.1) is 5.92 Å².